The second kappa shape index (κ2) is 5.62. The Bertz CT molecular complexity index is 827. The van der Waals surface area contributed by atoms with Crippen molar-refractivity contribution in [3.63, 3.8) is 0 Å². The Kier molecular flexibility index (Phi) is 3.67. The number of pyridine rings is 1. The number of Topliss-reactive ketones (excluding diaryl/α,β-unsaturated/α-hetero) is 1. The largest absolute Gasteiger partial charge is 0.294 e. The lowest BCUT2D eigenvalue weighted by molar-refractivity contribution is 0.0993. The van der Waals surface area contributed by atoms with Crippen LogP contribution in [0.25, 0.3) is 10.9 Å². The molecule has 0 saturated carbocycles. The van der Waals surface area contributed by atoms with E-state index in [1.807, 2.05) is 12.1 Å². The van der Waals surface area contributed by atoms with Gasteiger partial charge in [-0.05, 0) is 23.8 Å². The molecular formula is C17H11ClFNO. The summed E-state index contributed by atoms with van der Waals surface area (Å²) in [6, 6.07) is 13.6. The summed E-state index contributed by atoms with van der Waals surface area (Å²) in [5, 5.41) is 0.798. The molecule has 1 aromatic heterocycles. The Balaban J connectivity index is 2.00. The van der Waals surface area contributed by atoms with Crippen molar-refractivity contribution < 1.29 is 9.18 Å². The number of ketones is 1. The molecule has 0 fully saturated rings. The number of aromatic nitrogens is 1. The van der Waals surface area contributed by atoms with Gasteiger partial charge in [0.15, 0.2) is 5.78 Å². The van der Waals surface area contributed by atoms with E-state index in [0.29, 0.717) is 11.1 Å². The number of halogens is 2. The molecule has 0 saturated heterocycles. The van der Waals surface area contributed by atoms with E-state index in [1.165, 1.54) is 6.07 Å². The number of nitrogens with zero attached hydrogens (tertiary/aromatic N) is 1. The number of hydrogen-bond donors (Lipinski definition) is 0. The van der Waals surface area contributed by atoms with Gasteiger partial charge in [0.1, 0.15) is 5.82 Å². The predicted octanol–water partition coefficient (Wildman–Crippen LogP) is 4.45. The van der Waals surface area contributed by atoms with Crippen LogP contribution < -0.4 is 0 Å². The molecule has 0 aliphatic heterocycles. The topological polar surface area (TPSA) is 30.0 Å². The van der Waals surface area contributed by atoms with Gasteiger partial charge in [0, 0.05) is 23.6 Å². The fourth-order valence-corrected chi connectivity index (χ4v) is 2.49. The molecule has 21 heavy (non-hydrogen) atoms. The van der Waals surface area contributed by atoms with Gasteiger partial charge >= 0.3 is 0 Å². The Labute approximate surface area is 126 Å². The lowest BCUT2D eigenvalue weighted by Crippen LogP contribution is -2.06. The molecule has 0 amide bonds. The van der Waals surface area contributed by atoms with E-state index in [-0.39, 0.29) is 17.2 Å². The fraction of sp³-hybridized carbons (Fsp3) is 0.0588. The van der Waals surface area contributed by atoms with Gasteiger partial charge in [0.25, 0.3) is 0 Å². The molecule has 2 aromatic carbocycles. The van der Waals surface area contributed by atoms with Crippen LogP contribution >= 0.6 is 11.6 Å². The van der Waals surface area contributed by atoms with Crippen molar-refractivity contribution in [1.29, 1.82) is 0 Å². The molecule has 0 aliphatic rings. The predicted molar refractivity (Wildman–Crippen MR) is 81.2 cm³/mol. The van der Waals surface area contributed by atoms with Crippen LogP contribution in [0.15, 0.2) is 54.7 Å². The monoisotopic (exact) mass is 299 g/mol. The highest BCUT2D eigenvalue weighted by Gasteiger charge is 2.14. The smallest absolute Gasteiger partial charge is 0.168 e. The van der Waals surface area contributed by atoms with Crippen LogP contribution in [0.1, 0.15) is 15.9 Å². The van der Waals surface area contributed by atoms with Gasteiger partial charge in [-0.15, -0.1) is 0 Å². The van der Waals surface area contributed by atoms with Crippen molar-refractivity contribution in [2.45, 2.75) is 6.42 Å². The zero-order chi connectivity index (χ0) is 14.8. The van der Waals surface area contributed by atoms with Crippen LogP contribution in [0, 0.1) is 5.82 Å². The van der Waals surface area contributed by atoms with Crippen LogP contribution in [0.5, 0.6) is 0 Å². The average molecular weight is 300 g/mol. The minimum Gasteiger partial charge on any atom is -0.294 e. The zero-order valence-corrected chi connectivity index (χ0v) is 11.8. The van der Waals surface area contributed by atoms with Gasteiger partial charge in [-0.1, -0.05) is 41.9 Å². The van der Waals surface area contributed by atoms with Crippen LogP contribution in [0.2, 0.25) is 5.02 Å². The molecule has 0 radical (unpaired) electrons. The summed E-state index contributed by atoms with van der Waals surface area (Å²) in [4.78, 5) is 16.7. The van der Waals surface area contributed by atoms with Gasteiger partial charge in [-0.3, -0.25) is 9.78 Å². The summed E-state index contributed by atoms with van der Waals surface area (Å²) in [5.41, 5.74) is 1.59. The van der Waals surface area contributed by atoms with Crippen molar-refractivity contribution in [3.8, 4) is 0 Å². The zero-order valence-electron chi connectivity index (χ0n) is 11.0. The first-order chi connectivity index (χ1) is 10.2. The average Bonchev–Trinajstić information content (AvgIpc) is 2.51. The third kappa shape index (κ3) is 2.65. The summed E-state index contributed by atoms with van der Waals surface area (Å²) in [5.74, 6) is -0.694. The molecule has 0 N–H and O–H groups in total. The van der Waals surface area contributed by atoms with Crippen molar-refractivity contribution >= 4 is 28.3 Å². The molecule has 0 unspecified atom stereocenters. The Morgan fingerprint density at radius 1 is 1.10 bits per heavy atom. The maximum absolute atomic E-state index is 13.9. The molecule has 0 spiro atoms. The van der Waals surface area contributed by atoms with Crippen LogP contribution in [0.3, 0.4) is 0 Å². The number of benzene rings is 2. The summed E-state index contributed by atoms with van der Waals surface area (Å²) >= 11 is 5.74. The molecular weight excluding hydrogens is 289 g/mol. The first-order valence-corrected chi connectivity index (χ1v) is 6.84. The van der Waals surface area contributed by atoms with E-state index in [4.69, 9.17) is 11.6 Å². The maximum Gasteiger partial charge on any atom is 0.168 e. The molecule has 0 aliphatic carbocycles. The third-order valence-corrected chi connectivity index (χ3v) is 3.62. The summed E-state index contributed by atoms with van der Waals surface area (Å²) in [7, 11) is 0. The molecule has 1 heterocycles. The lowest BCUT2D eigenvalue weighted by Gasteiger charge is -2.07. The molecule has 4 heteroatoms. The standard InChI is InChI=1S/C17H11ClFNO/c18-14-7-1-4-11(17(14)19)10-16(21)13-5-2-8-15-12(13)6-3-9-20-15/h1-9H,10H2. The second-order valence-corrected chi connectivity index (χ2v) is 5.10. The molecule has 3 rings (SSSR count). The van der Waals surface area contributed by atoms with Crippen molar-refractivity contribution in [3.05, 3.63) is 76.7 Å². The highest BCUT2D eigenvalue weighted by molar-refractivity contribution is 6.30. The minimum absolute atomic E-state index is 0.0274. The first kappa shape index (κ1) is 13.7. The van der Waals surface area contributed by atoms with E-state index in [9.17, 15) is 9.18 Å². The quantitative estimate of drug-likeness (QED) is 0.669. The highest BCUT2D eigenvalue weighted by atomic mass is 35.5. The summed E-state index contributed by atoms with van der Waals surface area (Å²) in [6.45, 7) is 0. The summed E-state index contributed by atoms with van der Waals surface area (Å²) in [6.07, 6.45) is 1.65. The molecule has 0 bridgehead atoms. The van der Waals surface area contributed by atoms with E-state index in [2.05, 4.69) is 4.98 Å². The Hall–Kier alpha value is -2.26. The number of carbonyl (C=O) groups excluding carboxylic acids is 1. The minimum atomic E-state index is -0.536. The van der Waals surface area contributed by atoms with Crippen molar-refractivity contribution in [2.75, 3.05) is 0 Å². The van der Waals surface area contributed by atoms with Gasteiger partial charge < -0.3 is 0 Å². The van der Waals surface area contributed by atoms with E-state index >= 15 is 0 Å². The lowest BCUT2D eigenvalue weighted by atomic mass is 9.99. The molecule has 104 valence electrons. The maximum atomic E-state index is 13.9. The van der Waals surface area contributed by atoms with Crippen molar-refractivity contribution in [1.82, 2.24) is 4.98 Å². The number of rotatable bonds is 3. The molecule has 2 nitrogen and oxygen atoms in total. The van der Waals surface area contributed by atoms with Gasteiger partial charge in [-0.2, -0.15) is 0 Å². The van der Waals surface area contributed by atoms with E-state index in [1.54, 1.807) is 36.5 Å². The van der Waals surface area contributed by atoms with E-state index in [0.717, 1.165) is 10.9 Å². The summed E-state index contributed by atoms with van der Waals surface area (Å²) < 4.78 is 13.9. The Morgan fingerprint density at radius 2 is 1.90 bits per heavy atom. The van der Waals surface area contributed by atoms with Crippen LogP contribution in [0.4, 0.5) is 4.39 Å². The SMILES string of the molecule is O=C(Cc1cccc(Cl)c1F)c1cccc2ncccc12. The third-order valence-electron chi connectivity index (χ3n) is 3.33. The fourth-order valence-electron chi connectivity index (χ4n) is 2.30. The van der Waals surface area contributed by atoms with E-state index < -0.39 is 5.82 Å². The van der Waals surface area contributed by atoms with Crippen LogP contribution in [-0.4, -0.2) is 10.8 Å². The Morgan fingerprint density at radius 3 is 2.76 bits per heavy atom. The van der Waals surface area contributed by atoms with Crippen molar-refractivity contribution in [2.24, 2.45) is 0 Å². The van der Waals surface area contributed by atoms with Gasteiger partial charge in [0.05, 0.1) is 10.5 Å². The normalized spacial score (nSPS) is 10.8. The highest BCUT2D eigenvalue weighted by Crippen LogP contribution is 2.22. The number of hydrogen-bond acceptors (Lipinski definition) is 2. The number of carbonyl (C=O) groups is 1. The first-order valence-electron chi connectivity index (χ1n) is 6.46. The van der Waals surface area contributed by atoms with Gasteiger partial charge in [-0.25, -0.2) is 4.39 Å². The molecule has 0 atom stereocenters. The molecule has 3 aromatic rings. The number of fused-ring (bicyclic) bond motifs is 1. The second-order valence-electron chi connectivity index (χ2n) is 4.69. The van der Waals surface area contributed by atoms with Gasteiger partial charge in [0.2, 0.25) is 0 Å². The van der Waals surface area contributed by atoms with Crippen LogP contribution in [-0.2, 0) is 6.42 Å².